The second-order valence-electron chi connectivity index (χ2n) is 9.31. The van der Waals surface area contributed by atoms with Gasteiger partial charge >= 0.3 is 6.18 Å². The van der Waals surface area contributed by atoms with Crippen molar-refractivity contribution in [3.05, 3.63) is 71.8 Å². The van der Waals surface area contributed by atoms with E-state index in [1.807, 2.05) is 0 Å². The number of likely N-dealkylation sites (tertiary alicyclic amines) is 1. The number of halogens is 4. The molecule has 0 aromatic heterocycles. The molecule has 0 radical (unpaired) electrons. The first-order valence-electron chi connectivity index (χ1n) is 12.5. The van der Waals surface area contributed by atoms with Gasteiger partial charge in [0.2, 0.25) is 0 Å². The number of carbonyl (C=O) groups excluding carboxylic acids is 1. The number of hydrogen-bond donors (Lipinski definition) is 0. The van der Waals surface area contributed by atoms with Crippen LogP contribution in [0.3, 0.4) is 0 Å². The number of ether oxygens (including phenoxy) is 2. The highest BCUT2D eigenvalue weighted by atomic mass is 35.5. The van der Waals surface area contributed by atoms with Crippen LogP contribution in [0.1, 0.15) is 54.4 Å². The SMILES string of the molecule is COc1ccc(C(=O)CCCCCN2CCC(Oc3cc(C(F)(F)F)c4ccccc4c3)CC2)cc1.Cl. The van der Waals surface area contributed by atoms with Crippen LogP contribution in [0, 0.1) is 0 Å². The van der Waals surface area contributed by atoms with Crippen molar-refractivity contribution in [1.82, 2.24) is 4.90 Å². The minimum atomic E-state index is -4.43. The van der Waals surface area contributed by atoms with Crippen molar-refractivity contribution < 1.29 is 27.4 Å². The Labute approximate surface area is 222 Å². The monoisotopic (exact) mass is 535 g/mol. The molecule has 0 bridgehead atoms. The zero-order valence-corrected chi connectivity index (χ0v) is 21.7. The first kappa shape index (κ1) is 28.8. The second-order valence-corrected chi connectivity index (χ2v) is 9.31. The molecule has 4 nitrogen and oxygen atoms in total. The molecule has 1 saturated heterocycles. The number of carbonyl (C=O) groups is 1. The summed E-state index contributed by atoms with van der Waals surface area (Å²) in [6, 6.07) is 16.6. The van der Waals surface area contributed by atoms with E-state index in [0.29, 0.717) is 17.4 Å². The zero-order valence-electron chi connectivity index (χ0n) is 20.9. The molecule has 1 aliphatic rings. The second kappa shape index (κ2) is 13.2. The number of piperidine rings is 1. The molecular formula is C29H33ClF3NO3. The van der Waals surface area contributed by atoms with Crippen molar-refractivity contribution in [1.29, 1.82) is 0 Å². The van der Waals surface area contributed by atoms with Gasteiger partial charge in [0.15, 0.2) is 5.78 Å². The maximum atomic E-state index is 13.6. The number of unbranched alkanes of at least 4 members (excludes halogenated alkanes) is 2. The lowest BCUT2D eigenvalue weighted by Gasteiger charge is -2.32. The maximum Gasteiger partial charge on any atom is 0.417 e. The predicted molar refractivity (Wildman–Crippen MR) is 142 cm³/mol. The molecule has 37 heavy (non-hydrogen) atoms. The standard InChI is InChI=1S/C29H32F3NO3.ClH/c1-35-23-12-10-21(11-13-23)28(34)9-3-2-6-16-33-17-14-24(15-18-33)36-25-19-22-7-4-5-8-26(22)27(20-25)29(30,31)32;/h4-5,7-8,10-13,19-20,24H,2-3,6,9,14-18H2,1H3;1H. The van der Waals surface area contributed by atoms with Gasteiger partial charge in [-0.05, 0) is 79.4 Å². The summed E-state index contributed by atoms with van der Waals surface area (Å²) in [4.78, 5) is 14.7. The number of benzene rings is 3. The van der Waals surface area contributed by atoms with Crippen LogP contribution in [0.5, 0.6) is 11.5 Å². The van der Waals surface area contributed by atoms with Gasteiger partial charge in [-0.1, -0.05) is 30.7 Å². The van der Waals surface area contributed by atoms with Crippen LogP contribution in [0.15, 0.2) is 60.7 Å². The summed E-state index contributed by atoms with van der Waals surface area (Å²) in [6.07, 6.45) is 0.430. The Morgan fingerprint density at radius 2 is 1.65 bits per heavy atom. The Balaban J connectivity index is 0.00000380. The fourth-order valence-corrected chi connectivity index (χ4v) is 4.75. The van der Waals surface area contributed by atoms with Gasteiger partial charge in [0.25, 0.3) is 0 Å². The predicted octanol–water partition coefficient (Wildman–Crippen LogP) is 7.58. The number of alkyl halides is 3. The number of methoxy groups -OCH3 is 1. The first-order chi connectivity index (χ1) is 17.3. The lowest BCUT2D eigenvalue weighted by atomic mass is 10.0. The highest BCUT2D eigenvalue weighted by molar-refractivity contribution is 5.96. The molecule has 0 unspecified atom stereocenters. The van der Waals surface area contributed by atoms with Crippen LogP contribution in [0.25, 0.3) is 10.8 Å². The highest BCUT2D eigenvalue weighted by Gasteiger charge is 2.33. The van der Waals surface area contributed by atoms with Crippen molar-refractivity contribution >= 4 is 29.0 Å². The minimum Gasteiger partial charge on any atom is -0.497 e. The third-order valence-corrected chi connectivity index (χ3v) is 6.77. The molecule has 200 valence electrons. The van der Waals surface area contributed by atoms with Gasteiger partial charge in [0.05, 0.1) is 12.7 Å². The van der Waals surface area contributed by atoms with Crippen LogP contribution in [0.2, 0.25) is 0 Å². The zero-order chi connectivity index (χ0) is 25.5. The van der Waals surface area contributed by atoms with Gasteiger partial charge in [0.1, 0.15) is 17.6 Å². The molecule has 0 spiro atoms. The molecule has 0 N–H and O–H groups in total. The highest BCUT2D eigenvalue weighted by Crippen LogP contribution is 2.38. The molecule has 0 saturated carbocycles. The van der Waals surface area contributed by atoms with Crippen LogP contribution in [-0.2, 0) is 6.18 Å². The number of fused-ring (bicyclic) bond motifs is 1. The summed E-state index contributed by atoms with van der Waals surface area (Å²) < 4.78 is 51.8. The van der Waals surface area contributed by atoms with Crippen molar-refractivity contribution in [3.8, 4) is 11.5 Å². The number of hydrogen-bond acceptors (Lipinski definition) is 4. The van der Waals surface area contributed by atoms with Crippen molar-refractivity contribution in [2.24, 2.45) is 0 Å². The number of ketones is 1. The Morgan fingerprint density at radius 1 is 0.946 bits per heavy atom. The fraction of sp³-hybridized carbons (Fsp3) is 0.414. The molecule has 1 fully saturated rings. The maximum absolute atomic E-state index is 13.6. The van der Waals surface area contributed by atoms with Crippen LogP contribution in [0.4, 0.5) is 13.2 Å². The molecule has 0 amide bonds. The molecule has 8 heteroatoms. The number of Topliss-reactive ketones (excluding diaryl/α,β-unsaturated/α-hetero) is 1. The number of rotatable bonds is 10. The van der Waals surface area contributed by atoms with Gasteiger partial charge in [-0.25, -0.2) is 0 Å². The summed E-state index contributed by atoms with van der Waals surface area (Å²) in [5.74, 6) is 1.17. The lowest BCUT2D eigenvalue weighted by molar-refractivity contribution is -0.136. The van der Waals surface area contributed by atoms with Crippen molar-refractivity contribution in [3.63, 3.8) is 0 Å². The van der Waals surface area contributed by atoms with E-state index < -0.39 is 11.7 Å². The van der Waals surface area contributed by atoms with Crippen molar-refractivity contribution in [2.75, 3.05) is 26.7 Å². The van der Waals surface area contributed by atoms with Crippen LogP contribution in [-0.4, -0.2) is 43.5 Å². The van der Waals surface area contributed by atoms with Crippen LogP contribution >= 0.6 is 12.4 Å². The Morgan fingerprint density at radius 3 is 2.32 bits per heavy atom. The number of nitrogens with zero attached hydrogens (tertiary/aromatic N) is 1. The molecule has 0 aliphatic carbocycles. The van der Waals surface area contributed by atoms with E-state index in [9.17, 15) is 18.0 Å². The molecule has 1 aliphatic heterocycles. The molecule has 3 aromatic rings. The average Bonchev–Trinajstić information content (AvgIpc) is 2.88. The molecule has 1 heterocycles. The van der Waals surface area contributed by atoms with E-state index in [1.165, 1.54) is 6.07 Å². The van der Waals surface area contributed by atoms with E-state index in [-0.39, 0.29) is 35.4 Å². The third-order valence-electron chi connectivity index (χ3n) is 6.77. The Kier molecular flexibility index (Phi) is 10.2. The normalized spacial score (nSPS) is 14.8. The molecular weight excluding hydrogens is 503 g/mol. The lowest BCUT2D eigenvalue weighted by Crippen LogP contribution is -2.38. The quantitative estimate of drug-likeness (QED) is 0.198. The summed E-state index contributed by atoms with van der Waals surface area (Å²) in [5, 5.41) is 0.725. The van der Waals surface area contributed by atoms with Gasteiger partial charge < -0.3 is 14.4 Å². The van der Waals surface area contributed by atoms with Gasteiger partial charge in [-0.15, -0.1) is 12.4 Å². The van der Waals surface area contributed by atoms with Gasteiger partial charge in [0, 0.05) is 25.1 Å². The topological polar surface area (TPSA) is 38.8 Å². The minimum absolute atomic E-state index is 0. The smallest absolute Gasteiger partial charge is 0.417 e. The van der Waals surface area contributed by atoms with E-state index in [4.69, 9.17) is 9.47 Å². The fourth-order valence-electron chi connectivity index (χ4n) is 4.75. The molecule has 4 rings (SSSR count). The summed E-state index contributed by atoms with van der Waals surface area (Å²) in [5.41, 5.74) is 0.0603. The van der Waals surface area contributed by atoms with E-state index in [0.717, 1.165) is 63.6 Å². The van der Waals surface area contributed by atoms with E-state index in [1.54, 1.807) is 55.6 Å². The summed E-state index contributed by atoms with van der Waals surface area (Å²) in [6.45, 7) is 2.67. The third kappa shape index (κ3) is 7.86. The molecule has 3 aromatic carbocycles. The first-order valence-corrected chi connectivity index (χ1v) is 12.5. The summed E-state index contributed by atoms with van der Waals surface area (Å²) in [7, 11) is 1.60. The summed E-state index contributed by atoms with van der Waals surface area (Å²) >= 11 is 0. The van der Waals surface area contributed by atoms with Gasteiger partial charge in [-0.2, -0.15) is 13.2 Å². The Bertz CT molecular complexity index is 1160. The Hall–Kier alpha value is -2.77. The average molecular weight is 536 g/mol. The van der Waals surface area contributed by atoms with Crippen LogP contribution < -0.4 is 9.47 Å². The van der Waals surface area contributed by atoms with Gasteiger partial charge in [-0.3, -0.25) is 4.79 Å². The molecule has 0 atom stereocenters. The van der Waals surface area contributed by atoms with E-state index >= 15 is 0 Å². The largest absolute Gasteiger partial charge is 0.497 e. The van der Waals surface area contributed by atoms with E-state index in [2.05, 4.69) is 4.90 Å². The van der Waals surface area contributed by atoms with Crippen molar-refractivity contribution in [2.45, 2.75) is 50.8 Å².